The molecule has 0 aromatic heterocycles. The van der Waals surface area contributed by atoms with Gasteiger partial charge in [-0.3, -0.25) is 0 Å². The second-order valence-corrected chi connectivity index (χ2v) is 17.7. The number of rotatable bonds is 6. The highest BCUT2D eigenvalue weighted by atomic mass is 16.0. The van der Waals surface area contributed by atoms with Crippen molar-refractivity contribution in [3.05, 3.63) is 12.7 Å². The van der Waals surface area contributed by atoms with Crippen LogP contribution in [0.1, 0.15) is 187 Å². The molecular weight excluding hydrogens is 536 g/mol. The van der Waals surface area contributed by atoms with Gasteiger partial charge >= 0.3 is 0 Å². The zero-order chi connectivity index (χ0) is 29.3. The van der Waals surface area contributed by atoms with Crippen LogP contribution in [0.4, 0.5) is 0 Å². The van der Waals surface area contributed by atoms with Crippen molar-refractivity contribution in [3.63, 3.8) is 0 Å². The van der Waals surface area contributed by atoms with Gasteiger partial charge < -0.3 is 11.0 Å². The topological polar surface area (TPSA) is 63.0 Å². The van der Waals surface area contributed by atoms with Crippen molar-refractivity contribution in [1.82, 2.24) is 0 Å². The lowest BCUT2D eigenvalue weighted by Crippen LogP contribution is -2.29. The summed E-state index contributed by atoms with van der Waals surface area (Å²) >= 11 is 0. The van der Waals surface area contributed by atoms with Crippen LogP contribution in [0.5, 0.6) is 0 Å². The first-order valence-corrected chi connectivity index (χ1v) is 20.1. The summed E-state index contributed by atoms with van der Waals surface area (Å²) in [5, 5.41) is 0. The molecule has 2 nitrogen and oxygen atoms in total. The monoisotopic (exact) mass is 623 g/mol. The molecule has 0 amide bonds. The Kier molecular flexibility index (Phi) is 16.9. The predicted molar refractivity (Wildman–Crippen MR) is 200 cm³/mol. The quantitative estimate of drug-likeness (QED) is 0.265. The van der Waals surface area contributed by atoms with Gasteiger partial charge in [0.1, 0.15) is 0 Å². The molecule has 0 atom stereocenters. The van der Waals surface area contributed by atoms with E-state index in [-0.39, 0.29) is 16.7 Å². The van der Waals surface area contributed by atoms with Gasteiger partial charge in [-0.05, 0) is 193 Å². The van der Waals surface area contributed by atoms with Gasteiger partial charge in [0.2, 0.25) is 0 Å². The standard InChI is InChI=1S/C22H38.C20H36.2H2O.4H2/c1-3-4-18-7-11-20(12-8-18)22-15-13-21(14-16-22)19-9-5-17(2)6-10-19;1-15-3-7-17(8-4-15)19-11-13-20(14-12-19)18-9-5-16(2)6-10-18;;;;;;/h3,17-22H,1,4-16H2,2H3;15-20H,3-14H2,1-2H3;2*1H2;4*1H. The molecule has 0 bridgehead atoms. The first-order valence-electron chi connectivity index (χ1n) is 20.1. The van der Waals surface area contributed by atoms with E-state index in [4.69, 9.17) is 0 Å². The molecule has 4 N–H and O–H groups in total. The fraction of sp³-hybridized carbons (Fsp3) is 0.952. The molecule has 0 saturated heterocycles. The van der Waals surface area contributed by atoms with Gasteiger partial charge in [0.25, 0.3) is 0 Å². The molecular formula is C42H86O2. The maximum absolute atomic E-state index is 3.92. The summed E-state index contributed by atoms with van der Waals surface area (Å²) in [6.45, 7) is 11.3. The first-order chi connectivity index (χ1) is 20.5. The minimum Gasteiger partial charge on any atom is -0.412 e. The SMILES string of the molecule is C=CCC1CCC(C2CCC(C3CCC(C)CC3)CC2)CC1.CC1CCC(C2CCC(C3CCC(C)CC3)CC2)CC1.O.O.[HH].[HH].[HH].[HH]. The number of allylic oxidation sites excluding steroid dienone is 1. The second kappa shape index (κ2) is 19.5. The molecule has 266 valence electrons. The van der Waals surface area contributed by atoms with Crippen LogP contribution in [0.3, 0.4) is 0 Å². The Labute approximate surface area is 281 Å². The summed E-state index contributed by atoms with van der Waals surface area (Å²) in [7, 11) is 0. The smallest absolute Gasteiger partial charge is 0 e. The van der Waals surface area contributed by atoms with E-state index < -0.39 is 0 Å². The van der Waals surface area contributed by atoms with E-state index in [1.807, 2.05) is 0 Å². The molecule has 0 unspecified atom stereocenters. The highest BCUT2D eigenvalue weighted by Crippen LogP contribution is 2.47. The summed E-state index contributed by atoms with van der Waals surface area (Å²) in [6, 6.07) is 0. The van der Waals surface area contributed by atoms with Crippen LogP contribution < -0.4 is 0 Å². The highest BCUT2D eigenvalue weighted by molar-refractivity contribution is 4.87. The average Bonchev–Trinajstić information content (AvgIpc) is 3.03. The van der Waals surface area contributed by atoms with Crippen LogP contribution >= 0.6 is 0 Å². The molecule has 0 radical (unpaired) electrons. The Balaban J connectivity index is 0. The molecule has 44 heavy (non-hydrogen) atoms. The Hall–Kier alpha value is -0.340. The molecule has 6 saturated carbocycles. The molecule has 0 heterocycles. The van der Waals surface area contributed by atoms with Crippen LogP contribution in [-0.4, -0.2) is 11.0 Å². The molecule has 6 fully saturated rings. The van der Waals surface area contributed by atoms with E-state index in [1.54, 1.807) is 89.9 Å². The van der Waals surface area contributed by atoms with E-state index in [1.165, 1.54) is 70.6 Å². The maximum Gasteiger partial charge on any atom is 0 e. The minimum atomic E-state index is 0. The van der Waals surface area contributed by atoms with Crippen molar-refractivity contribution < 1.29 is 16.7 Å². The molecule has 6 aliphatic rings. The van der Waals surface area contributed by atoms with Gasteiger partial charge in [0.05, 0.1) is 0 Å². The van der Waals surface area contributed by atoms with E-state index >= 15 is 0 Å². The van der Waals surface area contributed by atoms with E-state index in [0.717, 1.165) is 71.0 Å². The number of hydrogen-bond donors (Lipinski definition) is 0. The van der Waals surface area contributed by atoms with Gasteiger partial charge in [-0.1, -0.05) is 65.4 Å². The lowest BCUT2D eigenvalue weighted by atomic mass is 9.65. The van der Waals surface area contributed by atoms with Gasteiger partial charge in [0, 0.05) is 5.71 Å². The van der Waals surface area contributed by atoms with Crippen molar-refractivity contribution in [1.29, 1.82) is 0 Å². The van der Waals surface area contributed by atoms with Crippen molar-refractivity contribution in [2.75, 3.05) is 0 Å². The fourth-order valence-electron chi connectivity index (χ4n) is 11.6. The highest BCUT2D eigenvalue weighted by Gasteiger charge is 2.35. The summed E-state index contributed by atoms with van der Waals surface area (Å²) in [4.78, 5) is 0. The third kappa shape index (κ3) is 11.1. The third-order valence-corrected chi connectivity index (χ3v) is 14.9. The van der Waals surface area contributed by atoms with Crippen LogP contribution in [0, 0.1) is 71.0 Å². The van der Waals surface area contributed by atoms with E-state index in [2.05, 4.69) is 33.4 Å². The Morgan fingerprint density at radius 2 is 0.545 bits per heavy atom. The van der Waals surface area contributed by atoms with Crippen molar-refractivity contribution in [2.24, 2.45) is 71.0 Å². The number of hydrogen-bond acceptors (Lipinski definition) is 0. The fourth-order valence-corrected chi connectivity index (χ4v) is 11.6. The summed E-state index contributed by atoms with van der Waals surface area (Å²) in [5.41, 5.74) is 0. The first kappa shape index (κ1) is 38.1. The van der Waals surface area contributed by atoms with Crippen LogP contribution in [0.2, 0.25) is 0 Å². The van der Waals surface area contributed by atoms with Crippen molar-refractivity contribution in [3.8, 4) is 0 Å². The lowest BCUT2D eigenvalue weighted by molar-refractivity contribution is 0.106. The van der Waals surface area contributed by atoms with Crippen LogP contribution in [0.25, 0.3) is 0 Å². The zero-order valence-electron chi connectivity index (χ0n) is 29.9. The second-order valence-electron chi connectivity index (χ2n) is 17.7. The molecule has 6 aliphatic carbocycles. The summed E-state index contributed by atoms with van der Waals surface area (Å²) < 4.78 is 0. The summed E-state index contributed by atoms with van der Waals surface area (Å²) in [5.74, 6) is 12.8. The Bertz CT molecular complexity index is 720. The van der Waals surface area contributed by atoms with Gasteiger partial charge in [-0.25, -0.2) is 0 Å². The molecule has 6 rings (SSSR count). The molecule has 0 spiro atoms. The van der Waals surface area contributed by atoms with Crippen molar-refractivity contribution >= 4 is 0 Å². The largest absolute Gasteiger partial charge is 0.412 e. The van der Waals surface area contributed by atoms with Gasteiger partial charge in [0.15, 0.2) is 0 Å². The van der Waals surface area contributed by atoms with E-state index in [0.29, 0.717) is 0 Å². The lowest BCUT2D eigenvalue weighted by Gasteiger charge is -2.41. The molecule has 0 aromatic carbocycles. The normalized spacial score (nSPS) is 43.2. The third-order valence-electron chi connectivity index (χ3n) is 14.9. The van der Waals surface area contributed by atoms with Crippen molar-refractivity contribution in [2.45, 2.75) is 181 Å². The molecule has 0 aromatic rings. The average molecular weight is 623 g/mol. The van der Waals surface area contributed by atoms with Gasteiger partial charge in [-0.15, -0.1) is 6.58 Å². The Morgan fingerprint density at radius 3 is 0.750 bits per heavy atom. The van der Waals surface area contributed by atoms with Crippen LogP contribution in [-0.2, 0) is 0 Å². The summed E-state index contributed by atoms with van der Waals surface area (Å²) in [6.07, 6.45) is 40.4. The molecule has 2 heteroatoms. The van der Waals surface area contributed by atoms with E-state index in [9.17, 15) is 0 Å². The minimum absolute atomic E-state index is 0. The zero-order valence-corrected chi connectivity index (χ0v) is 29.9. The Morgan fingerprint density at radius 1 is 0.364 bits per heavy atom. The predicted octanol–water partition coefficient (Wildman–Crippen LogP) is 12.8. The molecule has 0 aliphatic heterocycles. The maximum atomic E-state index is 3.92. The van der Waals surface area contributed by atoms with Gasteiger partial charge in [-0.2, -0.15) is 0 Å². The van der Waals surface area contributed by atoms with Crippen LogP contribution in [0.15, 0.2) is 12.7 Å².